The molecule has 0 radical (unpaired) electrons. The average molecular weight is 263 g/mol. The van der Waals surface area contributed by atoms with Gasteiger partial charge in [-0.3, -0.25) is 0 Å². The van der Waals surface area contributed by atoms with Crippen LogP contribution in [0.5, 0.6) is 0 Å². The zero-order valence-electron chi connectivity index (χ0n) is 11.1. The molecular weight excluding hydrogens is 242 g/mol. The van der Waals surface area contributed by atoms with Gasteiger partial charge in [0.15, 0.2) is 0 Å². The molecule has 18 heavy (non-hydrogen) atoms. The molecule has 0 aliphatic carbocycles. The fraction of sp³-hybridized carbons (Fsp3) is 0.500. The standard InChI is InChI=1S/C14H21N3S/c1-3-7-15-10-12-5-6-13(18-12)11-17-9-8-16-14(17)4-2/h5-6,8-9,15H,3-4,7,10-11H2,1-2H3. The summed E-state index contributed by atoms with van der Waals surface area (Å²) in [7, 11) is 0. The molecule has 0 saturated carbocycles. The average Bonchev–Trinajstić information content (AvgIpc) is 2.99. The summed E-state index contributed by atoms with van der Waals surface area (Å²) in [5, 5.41) is 3.44. The number of rotatable bonds is 7. The van der Waals surface area contributed by atoms with Crippen LogP contribution in [0.3, 0.4) is 0 Å². The second kappa shape index (κ2) is 6.71. The number of nitrogens with zero attached hydrogens (tertiary/aromatic N) is 2. The van der Waals surface area contributed by atoms with Crippen LogP contribution in [-0.4, -0.2) is 16.1 Å². The monoisotopic (exact) mass is 263 g/mol. The van der Waals surface area contributed by atoms with E-state index in [0.717, 1.165) is 31.9 Å². The van der Waals surface area contributed by atoms with Crippen molar-refractivity contribution >= 4 is 11.3 Å². The summed E-state index contributed by atoms with van der Waals surface area (Å²) in [6.45, 7) is 7.37. The van der Waals surface area contributed by atoms with Gasteiger partial charge >= 0.3 is 0 Å². The van der Waals surface area contributed by atoms with E-state index in [1.807, 2.05) is 17.5 Å². The van der Waals surface area contributed by atoms with Crippen molar-refractivity contribution in [3.8, 4) is 0 Å². The normalized spacial score (nSPS) is 11.0. The molecule has 2 rings (SSSR count). The Morgan fingerprint density at radius 1 is 1.28 bits per heavy atom. The Bertz CT molecular complexity index is 473. The smallest absolute Gasteiger partial charge is 0.108 e. The molecule has 0 bridgehead atoms. The van der Waals surface area contributed by atoms with Crippen LogP contribution in [-0.2, 0) is 19.5 Å². The molecule has 4 heteroatoms. The van der Waals surface area contributed by atoms with E-state index in [4.69, 9.17) is 0 Å². The quantitative estimate of drug-likeness (QED) is 0.778. The number of aromatic nitrogens is 2. The number of nitrogens with one attached hydrogen (secondary N) is 1. The minimum atomic E-state index is 0.946. The van der Waals surface area contributed by atoms with Crippen molar-refractivity contribution in [2.24, 2.45) is 0 Å². The maximum atomic E-state index is 4.35. The maximum absolute atomic E-state index is 4.35. The van der Waals surface area contributed by atoms with Crippen LogP contribution in [0.4, 0.5) is 0 Å². The van der Waals surface area contributed by atoms with E-state index in [9.17, 15) is 0 Å². The molecule has 1 N–H and O–H groups in total. The van der Waals surface area contributed by atoms with Crippen LogP contribution in [0.2, 0.25) is 0 Å². The molecule has 0 spiro atoms. The molecule has 0 saturated heterocycles. The Hall–Kier alpha value is -1.13. The SMILES string of the molecule is CCCNCc1ccc(Cn2ccnc2CC)s1. The van der Waals surface area contributed by atoms with Crippen molar-refractivity contribution in [1.82, 2.24) is 14.9 Å². The van der Waals surface area contributed by atoms with Crippen molar-refractivity contribution in [3.63, 3.8) is 0 Å². The lowest BCUT2D eigenvalue weighted by atomic mass is 10.4. The zero-order chi connectivity index (χ0) is 12.8. The fourth-order valence-corrected chi connectivity index (χ4v) is 2.94. The topological polar surface area (TPSA) is 29.9 Å². The van der Waals surface area contributed by atoms with Gasteiger partial charge < -0.3 is 9.88 Å². The van der Waals surface area contributed by atoms with Gasteiger partial charge in [-0.1, -0.05) is 13.8 Å². The Balaban J connectivity index is 1.94. The minimum Gasteiger partial charge on any atom is -0.330 e. The Morgan fingerprint density at radius 3 is 2.89 bits per heavy atom. The number of aryl methyl sites for hydroxylation is 1. The van der Waals surface area contributed by atoms with Crippen LogP contribution in [0.25, 0.3) is 0 Å². The number of thiophene rings is 1. The molecule has 2 heterocycles. The van der Waals surface area contributed by atoms with Gasteiger partial charge in [0.2, 0.25) is 0 Å². The lowest BCUT2D eigenvalue weighted by Crippen LogP contribution is -2.12. The summed E-state index contributed by atoms with van der Waals surface area (Å²) in [4.78, 5) is 7.17. The third-order valence-corrected chi connectivity index (χ3v) is 3.96. The number of hydrogen-bond donors (Lipinski definition) is 1. The van der Waals surface area contributed by atoms with E-state index in [-0.39, 0.29) is 0 Å². The molecule has 0 aliphatic rings. The maximum Gasteiger partial charge on any atom is 0.108 e. The second-order valence-electron chi connectivity index (χ2n) is 4.37. The molecule has 0 aromatic carbocycles. The lowest BCUT2D eigenvalue weighted by Gasteiger charge is -2.04. The Kier molecular flexibility index (Phi) is 4.96. The van der Waals surface area contributed by atoms with Gasteiger partial charge in [-0.05, 0) is 25.1 Å². The van der Waals surface area contributed by atoms with E-state index in [2.05, 4.69) is 47.0 Å². The predicted octanol–water partition coefficient (Wildman–Crippen LogP) is 3.05. The fourth-order valence-electron chi connectivity index (χ4n) is 1.96. The molecule has 2 aromatic rings. The van der Waals surface area contributed by atoms with Gasteiger partial charge in [0.05, 0.1) is 6.54 Å². The van der Waals surface area contributed by atoms with Gasteiger partial charge in [-0.15, -0.1) is 11.3 Å². The summed E-state index contributed by atoms with van der Waals surface area (Å²) < 4.78 is 2.23. The minimum absolute atomic E-state index is 0.946. The second-order valence-corrected chi connectivity index (χ2v) is 5.62. The van der Waals surface area contributed by atoms with Crippen LogP contribution in [0.1, 0.15) is 35.8 Å². The van der Waals surface area contributed by atoms with Crippen LogP contribution in [0, 0.1) is 0 Å². The van der Waals surface area contributed by atoms with E-state index in [0.29, 0.717) is 0 Å². The molecule has 3 nitrogen and oxygen atoms in total. The van der Waals surface area contributed by atoms with Crippen molar-refractivity contribution in [1.29, 1.82) is 0 Å². The highest BCUT2D eigenvalue weighted by molar-refractivity contribution is 7.11. The molecule has 0 amide bonds. The number of imidazole rings is 1. The van der Waals surface area contributed by atoms with Crippen LogP contribution < -0.4 is 5.32 Å². The van der Waals surface area contributed by atoms with Crippen molar-refractivity contribution in [2.75, 3.05) is 6.54 Å². The first-order valence-electron chi connectivity index (χ1n) is 6.61. The summed E-state index contributed by atoms with van der Waals surface area (Å²) >= 11 is 1.89. The summed E-state index contributed by atoms with van der Waals surface area (Å²) in [5.41, 5.74) is 0. The molecule has 0 unspecified atom stereocenters. The highest BCUT2D eigenvalue weighted by Crippen LogP contribution is 2.18. The first kappa shape index (κ1) is 13.3. The number of hydrogen-bond acceptors (Lipinski definition) is 3. The van der Waals surface area contributed by atoms with E-state index >= 15 is 0 Å². The lowest BCUT2D eigenvalue weighted by molar-refractivity contribution is 0.681. The largest absolute Gasteiger partial charge is 0.330 e. The highest BCUT2D eigenvalue weighted by Gasteiger charge is 2.04. The predicted molar refractivity (Wildman–Crippen MR) is 77.0 cm³/mol. The van der Waals surface area contributed by atoms with Gasteiger partial charge in [0.1, 0.15) is 5.82 Å². The third kappa shape index (κ3) is 3.43. The van der Waals surface area contributed by atoms with E-state index < -0.39 is 0 Å². The molecule has 0 aliphatic heterocycles. The first-order valence-corrected chi connectivity index (χ1v) is 7.43. The van der Waals surface area contributed by atoms with E-state index in [1.54, 1.807) is 0 Å². The molecule has 0 fully saturated rings. The van der Waals surface area contributed by atoms with Gasteiger partial charge in [-0.2, -0.15) is 0 Å². The highest BCUT2D eigenvalue weighted by atomic mass is 32.1. The first-order chi connectivity index (χ1) is 8.83. The zero-order valence-corrected chi connectivity index (χ0v) is 12.0. The summed E-state index contributed by atoms with van der Waals surface area (Å²) in [6, 6.07) is 4.46. The van der Waals surface area contributed by atoms with Gasteiger partial charge in [-0.25, -0.2) is 4.98 Å². The summed E-state index contributed by atoms with van der Waals surface area (Å²) in [5.74, 6) is 1.16. The molecular formula is C14H21N3S. The van der Waals surface area contributed by atoms with Crippen molar-refractivity contribution < 1.29 is 0 Å². The van der Waals surface area contributed by atoms with Crippen LogP contribution in [0.15, 0.2) is 24.5 Å². The molecule has 0 atom stereocenters. The van der Waals surface area contributed by atoms with E-state index in [1.165, 1.54) is 16.2 Å². The summed E-state index contributed by atoms with van der Waals surface area (Å²) in [6.07, 6.45) is 6.13. The Morgan fingerprint density at radius 2 is 2.11 bits per heavy atom. The van der Waals surface area contributed by atoms with Gasteiger partial charge in [0.25, 0.3) is 0 Å². The van der Waals surface area contributed by atoms with Crippen molar-refractivity contribution in [3.05, 3.63) is 40.1 Å². The third-order valence-electron chi connectivity index (χ3n) is 2.89. The molecule has 2 aromatic heterocycles. The molecule has 98 valence electrons. The Labute approximate surface area is 113 Å². The van der Waals surface area contributed by atoms with Gasteiger partial charge in [0, 0.05) is 35.1 Å². The van der Waals surface area contributed by atoms with Crippen molar-refractivity contribution in [2.45, 2.75) is 39.8 Å². The van der Waals surface area contributed by atoms with Crippen LogP contribution >= 0.6 is 11.3 Å².